The fourth-order valence-corrected chi connectivity index (χ4v) is 4.94. The van der Waals surface area contributed by atoms with Crippen LogP contribution in [0, 0.1) is 6.92 Å². The van der Waals surface area contributed by atoms with E-state index in [4.69, 9.17) is 9.72 Å². The summed E-state index contributed by atoms with van der Waals surface area (Å²) in [6.45, 7) is 11.0. The van der Waals surface area contributed by atoms with E-state index < -0.39 is 0 Å². The SMILES string of the molecule is CCn1c(CN2CCN(Cc3ccccc3)CC2)nc2cc(NC(=O)COc3ccccc3C)ccc21. The summed E-state index contributed by atoms with van der Waals surface area (Å²) in [4.78, 5) is 22.5. The van der Waals surface area contributed by atoms with Crippen LogP contribution in [-0.4, -0.2) is 58.0 Å². The Bertz CT molecular complexity index is 1340. The number of nitrogens with zero attached hydrogens (tertiary/aromatic N) is 4. The molecule has 1 aliphatic heterocycles. The smallest absolute Gasteiger partial charge is 0.262 e. The first-order valence-electron chi connectivity index (χ1n) is 13.0. The summed E-state index contributed by atoms with van der Waals surface area (Å²) in [7, 11) is 0. The number of carbonyl (C=O) groups is 1. The van der Waals surface area contributed by atoms with Crippen molar-refractivity contribution in [3.8, 4) is 5.75 Å². The molecule has 0 aliphatic carbocycles. The van der Waals surface area contributed by atoms with Crippen molar-refractivity contribution in [2.24, 2.45) is 0 Å². The summed E-state index contributed by atoms with van der Waals surface area (Å²) in [6.07, 6.45) is 0. The van der Waals surface area contributed by atoms with Crippen molar-refractivity contribution in [2.75, 3.05) is 38.1 Å². The number of aryl methyl sites for hydroxylation is 2. The first kappa shape index (κ1) is 25.0. The van der Waals surface area contributed by atoms with E-state index in [0.29, 0.717) is 0 Å². The minimum atomic E-state index is -0.189. The molecule has 7 nitrogen and oxygen atoms in total. The number of amides is 1. The predicted molar refractivity (Wildman–Crippen MR) is 148 cm³/mol. The van der Waals surface area contributed by atoms with Crippen LogP contribution in [0.15, 0.2) is 72.8 Å². The molecule has 1 aliphatic rings. The summed E-state index contributed by atoms with van der Waals surface area (Å²) >= 11 is 0. The van der Waals surface area contributed by atoms with Crippen LogP contribution in [-0.2, 0) is 24.4 Å². The molecule has 0 atom stereocenters. The number of aromatic nitrogens is 2. The van der Waals surface area contributed by atoms with Crippen LogP contribution in [0.1, 0.15) is 23.9 Å². The monoisotopic (exact) mass is 497 g/mol. The average molecular weight is 498 g/mol. The zero-order valence-electron chi connectivity index (χ0n) is 21.7. The van der Waals surface area contributed by atoms with E-state index in [2.05, 4.69) is 56.9 Å². The quantitative estimate of drug-likeness (QED) is 0.363. The van der Waals surface area contributed by atoms with Gasteiger partial charge in [-0.15, -0.1) is 0 Å². The number of piperazine rings is 1. The van der Waals surface area contributed by atoms with Crippen LogP contribution in [0.25, 0.3) is 11.0 Å². The fraction of sp³-hybridized carbons (Fsp3) is 0.333. The number of para-hydroxylation sites is 1. The highest BCUT2D eigenvalue weighted by Gasteiger charge is 2.20. The van der Waals surface area contributed by atoms with E-state index in [0.717, 1.165) is 79.7 Å². The van der Waals surface area contributed by atoms with Gasteiger partial charge >= 0.3 is 0 Å². The Morgan fingerprint density at radius 1 is 0.919 bits per heavy atom. The van der Waals surface area contributed by atoms with E-state index >= 15 is 0 Å². The Morgan fingerprint density at radius 2 is 1.62 bits per heavy atom. The normalized spacial score (nSPS) is 14.6. The Kier molecular flexibility index (Phi) is 7.82. The maximum atomic E-state index is 12.5. The van der Waals surface area contributed by atoms with Gasteiger partial charge in [0, 0.05) is 45.0 Å². The Labute approximate surface area is 218 Å². The van der Waals surface area contributed by atoms with Gasteiger partial charge in [0.15, 0.2) is 6.61 Å². The van der Waals surface area contributed by atoms with Crippen molar-refractivity contribution in [2.45, 2.75) is 33.5 Å². The fourth-order valence-electron chi connectivity index (χ4n) is 4.94. The number of rotatable bonds is 9. The van der Waals surface area contributed by atoms with Gasteiger partial charge in [0.2, 0.25) is 0 Å². The number of hydrogen-bond acceptors (Lipinski definition) is 5. The third kappa shape index (κ3) is 6.18. The van der Waals surface area contributed by atoms with Gasteiger partial charge in [-0.2, -0.15) is 0 Å². The highest BCUT2D eigenvalue weighted by Crippen LogP contribution is 2.23. The molecule has 5 rings (SSSR count). The van der Waals surface area contributed by atoms with E-state index in [9.17, 15) is 4.79 Å². The van der Waals surface area contributed by atoms with Crippen molar-refractivity contribution >= 4 is 22.6 Å². The number of nitrogens with one attached hydrogen (secondary N) is 1. The van der Waals surface area contributed by atoms with E-state index in [1.165, 1.54) is 5.56 Å². The van der Waals surface area contributed by atoms with Crippen LogP contribution < -0.4 is 10.1 Å². The molecule has 0 radical (unpaired) electrons. The molecule has 1 amide bonds. The third-order valence-electron chi connectivity index (χ3n) is 6.96. The minimum absolute atomic E-state index is 0.0339. The molecule has 4 aromatic rings. The first-order chi connectivity index (χ1) is 18.1. The Morgan fingerprint density at radius 3 is 2.35 bits per heavy atom. The van der Waals surface area contributed by atoms with Crippen LogP contribution in [0.2, 0.25) is 0 Å². The minimum Gasteiger partial charge on any atom is -0.483 e. The lowest BCUT2D eigenvalue weighted by Crippen LogP contribution is -2.45. The lowest BCUT2D eigenvalue weighted by atomic mass is 10.2. The summed E-state index contributed by atoms with van der Waals surface area (Å²) in [6, 6.07) is 24.3. The van der Waals surface area contributed by atoms with Gasteiger partial charge in [-0.3, -0.25) is 14.6 Å². The molecule has 0 bridgehead atoms. The van der Waals surface area contributed by atoms with Crippen LogP contribution in [0.4, 0.5) is 5.69 Å². The molecule has 0 saturated carbocycles. The van der Waals surface area contributed by atoms with Crippen LogP contribution >= 0.6 is 0 Å². The molecular formula is C30H35N5O2. The standard InChI is InChI=1S/C30H35N5O2/c1-3-35-27-14-13-25(31-30(36)22-37-28-12-8-7-9-23(28)2)19-26(27)32-29(35)21-34-17-15-33(16-18-34)20-24-10-5-4-6-11-24/h4-14,19H,3,15-18,20-22H2,1-2H3,(H,31,36). The Balaban J connectivity index is 1.19. The largest absolute Gasteiger partial charge is 0.483 e. The summed E-state index contributed by atoms with van der Waals surface area (Å²) in [5.41, 5.74) is 5.10. The lowest BCUT2D eigenvalue weighted by Gasteiger charge is -2.34. The van der Waals surface area contributed by atoms with Gasteiger partial charge in [0.05, 0.1) is 17.6 Å². The maximum absolute atomic E-state index is 12.5. The molecule has 3 aromatic carbocycles. The molecule has 0 spiro atoms. The zero-order chi connectivity index (χ0) is 25.6. The highest BCUT2D eigenvalue weighted by atomic mass is 16.5. The van der Waals surface area contributed by atoms with Crippen LogP contribution in [0.5, 0.6) is 5.75 Å². The molecular weight excluding hydrogens is 462 g/mol. The number of carbonyl (C=O) groups excluding carboxylic acids is 1. The molecule has 7 heteroatoms. The average Bonchev–Trinajstić information content (AvgIpc) is 3.26. The molecule has 1 fully saturated rings. The van der Waals surface area contributed by atoms with E-state index in [1.807, 2.05) is 49.4 Å². The lowest BCUT2D eigenvalue weighted by molar-refractivity contribution is -0.118. The molecule has 1 N–H and O–H groups in total. The second-order valence-electron chi connectivity index (χ2n) is 9.62. The van der Waals surface area contributed by atoms with Crippen molar-refractivity contribution in [1.29, 1.82) is 0 Å². The predicted octanol–water partition coefficient (Wildman–Crippen LogP) is 4.70. The number of fused-ring (bicyclic) bond motifs is 1. The van der Waals surface area contributed by atoms with Gasteiger partial charge in [-0.25, -0.2) is 4.98 Å². The molecule has 2 heterocycles. The number of ether oxygens (including phenoxy) is 1. The van der Waals surface area contributed by atoms with Crippen molar-refractivity contribution in [3.05, 3.63) is 89.7 Å². The summed E-state index contributed by atoms with van der Waals surface area (Å²) in [5.74, 6) is 1.60. The van der Waals surface area contributed by atoms with Gasteiger partial charge in [0.25, 0.3) is 5.91 Å². The zero-order valence-corrected chi connectivity index (χ0v) is 21.7. The van der Waals surface area contributed by atoms with Crippen molar-refractivity contribution in [3.63, 3.8) is 0 Å². The first-order valence-corrected chi connectivity index (χ1v) is 13.0. The molecule has 1 saturated heterocycles. The highest BCUT2D eigenvalue weighted by molar-refractivity contribution is 5.94. The van der Waals surface area contributed by atoms with Crippen LogP contribution in [0.3, 0.4) is 0 Å². The number of benzene rings is 3. The second-order valence-corrected chi connectivity index (χ2v) is 9.62. The van der Waals surface area contributed by atoms with E-state index in [1.54, 1.807) is 0 Å². The molecule has 37 heavy (non-hydrogen) atoms. The van der Waals surface area contributed by atoms with Crippen molar-refractivity contribution < 1.29 is 9.53 Å². The van der Waals surface area contributed by atoms with Gasteiger partial charge < -0.3 is 14.6 Å². The summed E-state index contributed by atoms with van der Waals surface area (Å²) in [5, 5.41) is 2.95. The van der Waals surface area contributed by atoms with Gasteiger partial charge in [-0.1, -0.05) is 48.5 Å². The van der Waals surface area contributed by atoms with Gasteiger partial charge in [0.1, 0.15) is 11.6 Å². The maximum Gasteiger partial charge on any atom is 0.262 e. The molecule has 192 valence electrons. The number of imidazole rings is 1. The second kappa shape index (κ2) is 11.6. The van der Waals surface area contributed by atoms with Crippen molar-refractivity contribution in [1.82, 2.24) is 19.4 Å². The number of hydrogen-bond donors (Lipinski definition) is 1. The Hall–Kier alpha value is -3.68. The van der Waals surface area contributed by atoms with E-state index in [-0.39, 0.29) is 12.5 Å². The summed E-state index contributed by atoms with van der Waals surface area (Å²) < 4.78 is 7.96. The van der Waals surface area contributed by atoms with Gasteiger partial charge in [-0.05, 0) is 49.2 Å². The third-order valence-corrected chi connectivity index (χ3v) is 6.96. The molecule has 0 unspecified atom stereocenters. The topological polar surface area (TPSA) is 62.6 Å². The number of anilines is 1. The molecule has 1 aromatic heterocycles.